The molecule has 21 heavy (non-hydrogen) atoms. The molecular weight excluding hydrogens is 289 g/mol. The number of benzene rings is 1. The molecule has 0 fully saturated rings. The van der Waals surface area contributed by atoms with E-state index < -0.39 is 12.8 Å². The van der Waals surface area contributed by atoms with E-state index >= 15 is 0 Å². The first-order chi connectivity index (χ1) is 9.81. The molecule has 0 aliphatic heterocycles. The number of methoxy groups -OCH3 is 1. The molecular formula is C12H15F3N4O2. The zero-order valence-electron chi connectivity index (χ0n) is 11.2. The van der Waals surface area contributed by atoms with Crippen LogP contribution >= 0.6 is 0 Å². The second-order valence-corrected chi connectivity index (χ2v) is 3.95. The van der Waals surface area contributed by atoms with Gasteiger partial charge in [0.05, 0.1) is 19.9 Å². The number of nitrogens with two attached hydrogens (primary N) is 2. The molecule has 0 saturated carbocycles. The van der Waals surface area contributed by atoms with E-state index in [1.54, 1.807) is 18.2 Å². The van der Waals surface area contributed by atoms with E-state index in [0.717, 1.165) is 0 Å². The Morgan fingerprint density at radius 3 is 2.62 bits per heavy atom. The van der Waals surface area contributed by atoms with Gasteiger partial charge in [0.15, 0.2) is 0 Å². The topological polar surface area (TPSA) is 95.2 Å². The lowest BCUT2D eigenvalue weighted by Gasteiger charge is -2.11. The van der Waals surface area contributed by atoms with Crippen LogP contribution in [0.1, 0.15) is 11.1 Å². The van der Waals surface area contributed by atoms with Crippen molar-refractivity contribution in [2.75, 3.05) is 13.7 Å². The van der Waals surface area contributed by atoms with E-state index in [9.17, 15) is 13.2 Å². The molecule has 0 saturated heterocycles. The van der Waals surface area contributed by atoms with Gasteiger partial charge in [-0.25, -0.2) is 0 Å². The second-order valence-electron chi connectivity index (χ2n) is 3.95. The van der Waals surface area contributed by atoms with E-state index in [4.69, 9.17) is 16.2 Å². The molecule has 0 bridgehead atoms. The van der Waals surface area contributed by atoms with Crippen LogP contribution in [-0.4, -0.2) is 32.1 Å². The van der Waals surface area contributed by atoms with Crippen LogP contribution in [0.3, 0.4) is 0 Å². The van der Waals surface area contributed by atoms with Gasteiger partial charge in [0.25, 0.3) is 0 Å². The average Bonchev–Trinajstić information content (AvgIpc) is 2.37. The fraction of sp³-hybridized carbons (Fsp3) is 0.333. The SMILES string of the molecule is COc1ccc(C=NN=C(N)N)cc1COCC(F)(F)F. The summed E-state index contributed by atoms with van der Waals surface area (Å²) in [5.74, 6) is 0.213. The Labute approximate surface area is 119 Å². The fourth-order valence-electron chi connectivity index (χ4n) is 1.43. The van der Waals surface area contributed by atoms with E-state index in [2.05, 4.69) is 14.9 Å². The third-order valence-corrected chi connectivity index (χ3v) is 2.21. The quantitative estimate of drug-likeness (QED) is 0.471. The predicted molar refractivity (Wildman–Crippen MR) is 72.1 cm³/mol. The summed E-state index contributed by atoms with van der Waals surface area (Å²) in [5, 5.41) is 7.03. The van der Waals surface area contributed by atoms with Gasteiger partial charge in [0.1, 0.15) is 12.4 Å². The summed E-state index contributed by atoms with van der Waals surface area (Å²) in [6.45, 7) is -1.57. The van der Waals surface area contributed by atoms with Crippen molar-refractivity contribution >= 4 is 12.2 Å². The first-order valence-electron chi connectivity index (χ1n) is 5.75. The highest BCUT2D eigenvalue weighted by Crippen LogP contribution is 2.22. The largest absolute Gasteiger partial charge is 0.496 e. The monoisotopic (exact) mass is 304 g/mol. The van der Waals surface area contributed by atoms with Gasteiger partial charge in [0, 0.05) is 5.56 Å². The van der Waals surface area contributed by atoms with Crippen molar-refractivity contribution in [2.24, 2.45) is 21.7 Å². The number of halogens is 3. The zero-order valence-corrected chi connectivity index (χ0v) is 11.2. The molecule has 1 aromatic carbocycles. The van der Waals surface area contributed by atoms with Crippen LogP contribution in [0, 0.1) is 0 Å². The Kier molecular flexibility index (Phi) is 5.97. The Morgan fingerprint density at radius 1 is 1.33 bits per heavy atom. The molecule has 0 amide bonds. The lowest BCUT2D eigenvalue weighted by molar-refractivity contribution is -0.176. The Balaban J connectivity index is 2.80. The van der Waals surface area contributed by atoms with Crippen LogP contribution in [0.25, 0.3) is 0 Å². The number of ether oxygens (including phenoxy) is 2. The van der Waals surface area contributed by atoms with Gasteiger partial charge in [-0.15, -0.1) is 5.10 Å². The summed E-state index contributed by atoms with van der Waals surface area (Å²) in [7, 11) is 1.41. The molecule has 6 nitrogen and oxygen atoms in total. The number of nitrogens with zero attached hydrogens (tertiary/aromatic N) is 2. The van der Waals surface area contributed by atoms with Gasteiger partial charge in [0.2, 0.25) is 5.96 Å². The van der Waals surface area contributed by atoms with Crippen molar-refractivity contribution in [3.63, 3.8) is 0 Å². The third-order valence-electron chi connectivity index (χ3n) is 2.21. The molecule has 0 aromatic heterocycles. The number of hydrogen-bond donors (Lipinski definition) is 2. The summed E-state index contributed by atoms with van der Waals surface area (Å²) in [5.41, 5.74) is 11.3. The minimum Gasteiger partial charge on any atom is -0.496 e. The van der Waals surface area contributed by atoms with Crippen LogP contribution in [0.15, 0.2) is 28.4 Å². The molecule has 0 spiro atoms. The smallest absolute Gasteiger partial charge is 0.411 e. The van der Waals surface area contributed by atoms with E-state index in [1.165, 1.54) is 13.3 Å². The lowest BCUT2D eigenvalue weighted by atomic mass is 10.1. The Morgan fingerprint density at radius 2 is 2.05 bits per heavy atom. The molecule has 4 N–H and O–H groups in total. The maximum absolute atomic E-state index is 12.0. The molecule has 0 aliphatic carbocycles. The van der Waals surface area contributed by atoms with Gasteiger partial charge in [-0.2, -0.15) is 18.3 Å². The number of guanidine groups is 1. The van der Waals surface area contributed by atoms with E-state index in [-0.39, 0.29) is 12.6 Å². The van der Waals surface area contributed by atoms with Crippen molar-refractivity contribution in [3.05, 3.63) is 29.3 Å². The number of rotatable bonds is 6. The van der Waals surface area contributed by atoms with Crippen molar-refractivity contribution < 1.29 is 22.6 Å². The van der Waals surface area contributed by atoms with Crippen molar-refractivity contribution in [1.82, 2.24) is 0 Å². The average molecular weight is 304 g/mol. The Hall–Kier alpha value is -2.29. The van der Waals surface area contributed by atoms with Crippen LogP contribution in [0.2, 0.25) is 0 Å². The van der Waals surface area contributed by atoms with Gasteiger partial charge in [-0.05, 0) is 23.8 Å². The molecule has 116 valence electrons. The summed E-state index contributed by atoms with van der Waals surface area (Å²) in [6, 6.07) is 4.81. The van der Waals surface area contributed by atoms with Gasteiger partial charge in [-0.3, -0.25) is 0 Å². The van der Waals surface area contributed by atoms with Crippen LogP contribution in [0.4, 0.5) is 13.2 Å². The van der Waals surface area contributed by atoms with Crippen LogP contribution < -0.4 is 16.2 Å². The highest BCUT2D eigenvalue weighted by Gasteiger charge is 2.27. The van der Waals surface area contributed by atoms with Crippen molar-refractivity contribution in [2.45, 2.75) is 12.8 Å². The summed E-state index contributed by atoms with van der Waals surface area (Å²) >= 11 is 0. The Bertz CT molecular complexity index is 526. The predicted octanol–water partition coefficient (Wildman–Crippen LogP) is 1.38. The second kappa shape index (κ2) is 7.48. The van der Waals surface area contributed by atoms with E-state index in [1.807, 2.05) is 0 Å². The zero-order chi connectivity index (χ0) is 15.9. The summed E-state index contributed by atoms with van der Waals surface area (Å²) < 4.78 is 45.8. The maximum atomic E-state index is 12.0. The normalized spacial score (nSPS) is 11.6. The van der Waals surface area contributed by atoms with Crippen LogP contribution in [0.5, 0.6) is 5.75 Å². The molecule has 0 heterocycles. The van der Waals surface area contributed by atoms with Gasteiger partial charge >= 0.3 is 6.18 Å². The van der Waals surface area contributed by atoms with Gasteiger partial charge < -0.3 is 20.9 Å². The number of alkyl halides is 3. The molecule has 0 aliphatic rings. The molecule has 0 unspecified atom stereocenters. The first-order valence-corrected chi connectivity index (χ1v) is 5.75. The highest BCUT2D eigenvalue weighted by molar-refractivity contribution is 5.82. The molecule has 0 atom stereocenters. The van der Waals surface area contributed by atoms with Crippen LogP contribution in [-0.2, 0) is 11.3 Å². The minimum absolute atomic E-state index is 0.200. The molecule has 1 aromatic rings. The summed E-state index contributed by atoms with van der Waals surface area (Å²) in [4.78, 5) is 0. The molecule has 1 rings (SSSR count). The van der Waals surface area contributed by atoms with Crippen molar-refractivity contribution in [1.29, 1.82) is 0 Å². The molecule has 0 radical (unpaired) electrons. The number of hydrogen-bond acceptors (Lipinski definition) is 4. The third kappa shape index (κ3) is 6.61. The highest BCUT2D eigenvalue weighted by atomic mass is 19.4. The van der Waals surface area contributed by atoms with Gasteiger partial charge in [-0.1, -0.05) is 0 Å². The standard InChI is InChI=1S/C12H15F3N4O2/c1-20-10-3-2-8(5-18-19-11(16)17)4-9(10)6-21-7-12(13,14)15/h2-5H,6-7H2,1H3,(H4,16,17,19). The maximum Gasteiger partial charge on any atom is 0.411 e. The molecule has 9 heteroatoms. The first kappa shape index (κ1) is 16.8. The van der Waals surface area contributed by atoms with Crippen molar-refractivity contribution in [3.8, 4) is 5.75 Å². The lowest BCUT2D eigenvalue weighted by Crippen LogP contribution is -2.21. The van der Waals surface area contributed by atoms with E-state index in [0.29, 0.717) is 16.9 Å². The fourth-order valence-corrected chi connectivity index (χ4v) is 1.43. The minimum atomic E-state index is -4.38. The summed E-state index contributed by atoms with van der Waals surface area (Å²) in [6.07, 6.45) is -3.02.